The van der Waals surface area contributed by atoms with E-state index in [1.807, 2.05) is 0 Å². The first-order valence-corrected chi connectivity index (χ1v) is 6.47. The van der Waals surface area contributed by atoms with Crippen molar-refractivity contribution in [2.75, 3.05) is 0 Å². The molecule has 0 aliphatic carbocycles. The number of rotatable bonds is 2. The molecule has 0 heterocycles. The minimum absolute atomic E-state index is 0. The SMILES string of the molecule is NS(=O)(=O)c1ccccc1S(N)(=O)=O.[NaH]. The van der Waals surface area contributed by atoms with E-state index in [9.17, 15) is 16.8 Å². The fourth-order valence-corrected chi connectivity index (χ4v) is 2.85. The summed E-state index contributed by atoms with van der Waals surface area (Å²) in [5.41, 5.74) is 0. The van der Waals surface area contributed by atoms with Gasteiger partial charge in [0.2, 0.25) is 20.0 Å². The Morgan fingerprint density at radius 2 is 1.07 bits per heavy atom. The van der Waals surface area contributed by atoms with Crippen LogP contribution in [0.25, 0.3) is 0 Å². The third-order valence-corrected chi connectivity index (χ3v) is 3.53. The second kappa shape index (κ2) is 4.91. The Balaban J connectivity index is 0.00000196. The molecule has 0 aromatic heterocycles. The Morgan fingerprint density at radius 1 is 0.800 bits per heavy atom. The number of benzene rings is 1. The molecule has 0 amide bonds. The van der Waals surface area contributed by atoms with E-state index in [4.69, 9.17) is 10.3 Å². The zero-order valence-corrected chi connectivity index (χ0v) is 8.55. The Hall–Kier alpha value is 0.0400. The number of primary sulfonamides is 2. The van der Waals surface area contributed by atoms with Gasteiger partial charge in [-0.3, -0.25) is 0 Å². The van der Waals surface area contributed by atoms with E-state index in [1.54, 1.807) is 0 Å². The van der Waals surface area contributed by atoms with Crippen molar-refractivity contribution >= 4 is 49.6 Å². The van der Waals surface area contributed by atoms with Crippen LogP contribution in [0.4, 0.5) is 0 Å². The summed E-state index contributed by atoms with van der Waals surface area (Å²) >= 11 is 0. The van der Waals surface area contributed by atoms with Gasteiger partial charge in [0.25, 0.3) is 0 Å². The maximum absolute atomic E-state index is 11.0. The van der Waals surface area contributed by atoms with E-state index >= 15 is 0 Å². The summed E-state index contributed by atoms with van der Waals surface area (Å²) in [6.45, 7) is 0. The third-order valence-electron chi connectivity index (χ3n) is 1.46. The van der Waals surface area contributed by atoms with Crippen molar-refractivity contribution in [3.8, 4) is 0 Å². The third kappa shape index (κ3) is 3.83. The van der Waals surface area contributed by atoms with Crippen LogP contribution in [0.15, 0.2) is 34.1 Å². The fourth-order valence-electron chi connectivity index (χ4n) is 0.920. The van der Waals surface area contributed by atoms with Crippen molar-refractivity contribution in [1.82, 2.24) is 0 Å². The van der Waals surface area contributed by atoms with Crippen LogP contribution in [-0.2, 0) is 20.0 Å². The van der Waals surface area contributed by atoms with Crippen LogP contribution in [0.3, 0.4) is 0 Å². The van der Waals surface area contributed by atoms with Crippen LogP contribution in [0.1, 0.15) is 0 Å². The Morgan fingerprint density at radius 3 is 1.27 bits per heavy atom. The standard InChI is InChI=1S/C6H8N2O4S2.Na.H/c7-13(9,10)5-3-1-2-4-6(5)14(8,11)12;;/h1-4H,(H2,7,9,10)(H2,8,11,12);;. The molecule has 0 saturated heterocycles. The Labute approximate surface area is 110 Å². The summed E-state index contributed by atoms with van der Waals surface area (Å²) in [7, 11) is -8.15. The molecule has 80 valence electrons. The van der Waals surface area contributed by atoms with Gasteiger partial charge in [-0.25, -0.2) is 27.1 Å². The van der Waals surface area contributed by atoms with Crippen LogP contribution in [-0.4, -0.2) is 46.4 Å². The second-order valence-corrected chi connectivity index (χ2v) is 5.60. The van der Waals surface area contributed by atoms with Gasteiger partial charge in [0.1, 0.15) is 9.79 Å². The van der Waals surface area contributed by atoms with E-state index in [0.717, 1.165) is 12.1 Å². The average Bonchev–Trinajstić information content (AvgIpc) is 2.01. The maximum atomic E-state index is 11.0. The van der Waals surface area contributed by atoms with Crippen molar-refractivity contribution in [1.29, 1.82) is 0 Å². The molecule has 4 N–H and O–H groups in total. The van der Waals surface area contributed by atoms with Gasteiger partial charge in [0.15, 0.2) is 0 Å². The molecule has 1 aromatic carbocycles. The van der Waals surface area contributed by atoms with Crippen LogP contribution >= 0.6 is 0 Å². The molecule has 0 aliphatic rings. The van der Waals surface area contributed by atoms with Crippen molar-refractivity contribution in [2.45, 2.75) is 9.79 Å². The molecule has 6 nitrogen and oxygen atoms in total. The Bertz CT molecular complexity index is 501. The second-order valence-electron chi connectivity index (χ2n) is 2.54. The monoisotopic (exact) mass is 260 g/mol. The van der Waals surface area contributed by atoms with Gasteiger partial charge in [-0.1, -0.05) is 12.1 Å². The zero-order chi connectivity index (χ0) is 11.0. The van der Waals surface area contributed by atoms with E-state index < -0.39 is 29.8 Å². The zero-order valence-electron chi connectivity index (χ0n) is 6.91. The first-order chi connectivity index (χ1) is 6.23. The molecular weight excluding hydrogens is 251 g/mol. The minimum atomic E-state index is -4.08. The summed E-state index contributed by atoms with van der Waals surface area (Å²) in [6.07, 6.45) is 0. The summed E-state index contributed by atoms with van der Waals surface area (Å²) in [5, 5.41) is 9.61. The molecule has 0 aliphatic heterocycles. The molecule has 0 radical (unpaired) electrons. The number of hydrogen-bond donors (Lipinski definition) is 2. The van der Waals surface area contributed by atoms with Crippen LogP contribution in [0.5, 0.6) is 0 Å². The number of nitrogens with two attached hydrogens (primary N) is 2. The van der Waals surface area contributed by atoms with Crippen molar-refractivity contribution in [3.05, 3.63) is 24.3 Å². The normalized spacial score (nSPS) is 11.9. The summed E-state index contributed by atoms with van der Waals surface area (Å²) in [4.78, 5) is -0.995. The molecule has 1 aromatic rings. The van der Waals surface area contributed by atoms with Crippen molar-refractivity contribution in [3.63, 3.8) is 0 Å². The van der Waals surface area contributed by atoms with E-state index in [0.29, 0.717) is 0 Å². The quantitative estimate of drug-likeness (QED) is 0.618. The van der Waals surface area contributed by atoms with Crippen LogP contribution in [0, 0.1) is 0 Å². The van der Waals surface area contributed by atoms with E-state index in [-0.39, 0.29) is 29.6 Å². The molecule has 15 heavy (non-hydrogen) atoms. The molecule has 0 spiro atoms. The van der Waals surface area contributed by atoms with Gasteiger partial charge in [-0.2, -0.15) is 0 Å². The molecule has 0 atom stereocenters. The number of sulfonamides is 2. The van der Waals surface area contributed by atoms with E-state index in [1.165, 1.54) is 12.1 Å². The first-order valence-electron chi connectivity index (χ1n) is 3.37. The summed E-state index contributed by atoms with van der Waals surface area (Å²) < 4.78 is 43.8. The van der Waals surface area contributed by atoms with E-state index in [2.05, 4.69) is 0 Å². The Kier molecular flexibility index (Phi) is 4.93. The molecule has 0 bridgehead atoms. The molecule has 1 rings (SSSR count). The van der Waals surface area contributed by atoms with Gasteiger partial charge in [-0.15, -0.1) is 0 Å². The van der Waals surface area contributed by atoms with Gasteiger partial charge >= 0.3 is 29.6 Å². The molecule has 0 unspecified atom stereocenters. The first kappa shape index (κ1) is 15.0. The molecule has 0 saturated carbocycles. The number of hydrogen-bond acceptors (Lipinski definition) is 4. The van der Waals surface area contributed by atoms with Crippen LogP contribution in [0.2, 0.25) is 0 Å². The van der Waals surface area contributed by atoms with Gasteiger partial charge in [-0.05, 0) is 12.1 Å². The van der Waals surface area contributed by atoms with Gasteiger partial charge in [0.05, 0.1) is 0 Å². The van der Waals surface area contributed by atoms with Gasteiger partial charge in [0, 0.05) is 0 Å². The summed E-state index contributed by atoms with van der Waals surface area (Å²) in [6, 6.07) is 4.87. The molecule has 0 fully saturated rings. The van der Waals surface area contributed by atoms with Crippen molar-refractivity contribution < 1.29 is 16.8 Å². The van der Waals surface area contributed by atoms with Crippen LogP contribution < -0.4 is 10.3 Å². The topological polar surface area (TPSA) is 120 Å². The fraction of sp³-hybridized carbons (Fsp3) is 0. The van der Waals surface area contributed by atoms with Gasteiger partial charge < -0.3 is 0 Å². The predicted molar refractivity (Wildman–Crippen MR) is 56.3 cm³/mol. The van der Waals surface area contributed by atoms with Crippen molar-refractivity contribution in [2.24, 2.45) is 10.3 Å². The molecule has 9 heteroatoms. The summed E-state index contributed by atoms with van der Waals surface area (Å²) in [5.74, 6) is 0. The predicted octanol–water partition coefficient (Wildman–Crippen LogP) is -1.67. The molecular formula is C6H9N2NaO4S2. The average molecular weight is 260 g/mol.